The second-order valence-corrected chi connectivity index (χ2v) is 7.75. The second-order valence-electron chi connectivity index (χ2n) is 7.32. The molecule has 0 spiro atoms. The maximum absolute atomic E-state index is 11.6. The van der Waals surface area contributed by atoms with Crippen LogP contribution in [0.2, 0.25) is 5.02 Å². The predicted octanol–water partition coefficient (Wildman–Crippen LogP) is 3.53. The van der Waals surface area contributed by atoms with Crippen molar-refractivity contribution in [1.82, 2.24) is 4.90 Å². The molecule has 4 heteroatoms. The molecule has 2 bridgehead atoms. The van der Waals surface area contributed by atoms with Gasteiger partial charge in [0, 0.05) is 17.5 Å². The highest BCUT2D eigenvalue weighted by Gasteiger charge is 2.51. The van der Waals surface area contributed by atoms with Crippen molar-refractivity contribution in [2.45, 2.75) is 31.3 Å². The van der Waals surface area contributed by atoms with Gasteiger partial charge >= 0.3 is 0 Å². The Kier molecular flexibility index (Phi) is 4.41. The molecule has 122 valence electrons. The zero-order valence-corrected chi connectivity index (χ0v) is 14.4. The van der Waals surface area contributed by atoms with Gasteiger partial charge in [0.1, 0.15) is 5.75 Å². The van der Waals surface area contributed by atoms with Gasteiger partial charge < -0.3 is 14.7 Å². The molecule has 0 aromatic heterocycles. The monoisotopic (exact) mass is 323 g/mol. The third kappa shape index (κ3) is 2.86. The van der Waals surface area contributed by atoms with E-state index in [4.69, 9.17) is 16.3 Å². The average Bonchev–Trinajstić information content (AvgIpc) is 2.86. The van der Waals surface area contributed by atoms with Crippen molar-refractivity contribution in [2.24, 2.45) is 17.8 Å². The minimum absolute atomic E-state index is 0.254. The summed E-state index contributed by atoms with van der Waals surface area (Å²) in [7, 11) is 5.81. The van der Waals surface area contributed by atoms with E-state index >= 15 is 0 Å². The summed E-state index contributed by atoms with van der Waals surface area (Å²) in [6, 6.07) is 5.67. The smallest absolute Gasteiger partial charge is 0.120 e. The van der Waals surface area contributed by atoms with Crippen LogP contribution in [0, 0.1) is 17.8 Å². The number of fused-ring (bicyclic) bond motifs is 2. The fourth-order valence-electron chi connectivity index (χ4n) is 4.60. The summed E-state index contributed by atoms with van der Waals surface area (Å²) < 4.78 is 5.35. The molecular weight excluding hydrogens is 298 g/mol. The Morgan fingerprint density at radius 2 is 2.09 bits per heavy atom. The molecule has 0 saturated heterocycles. The number of hydrogen-bond donors (Lipinski definition) is 1. The molecule has 0 aliphatic heterocycles. The van der Waals surface area contributed by atoms with E-state index in [9.17, 15) is 5.11 Å². The summed E-state index contributed by atoms with van der Waals surface area (Å²) in [5.41, 5.74) is 0.118. The molecule has 3 rings (SSSR count). The number of halogens is 1. The van der Waals surface area contributed by atoms with Crippen molar-refractivity contribution in [1.29, 1.82) is 0 Å². The van der Waals surface area contributed by atoms with Gasteiger partial charge in [0.25, 0.3) is 0 Å². The molecule has 2 unspecified atom stereocenters. The number of rotatable bonds is 4. The van der Waals surface area contributed by atoms with Gasteiger partial charge in [-0.05, 0) is 69.0 Å². The van der Waals surface area contributed by atoms with Crippen LogP contribution in [0.15, 0.2) is 18.2 Å². The Labute approximate surface area is 138 Å². The van der Waals surface area contributed by atoms with Crippen molar-refractivity contribution in [3.8, 4) is 5.75 Å². The molecule has 2 saturated carbocycles. The van der Waals surface area contributed by atoms with Crippen LogP contribution in [0.3, 0.4) is 0 Å². The molecule has 1 aromatic carbocycles. The molecule has 0 heterocycles. The zero-order valence-electron chi connectivity index (χ0n) is 13.7. The Morgan fingerprint density at radius 1 is 1.32 bits per heavy atom. The number of nitrogens with zero attached hydrogens (tertiary/aromatic N) is 1. The lowest BCUT2D eigenvalue weighted by Gasteiger charge is -2.45. The first-order chi connectivity index (χ1) is 10.4. The van der Waals surface area contributed by atoms with Gasteiger partial charge in [0.15, 0.2) is 0 Å². The summed E-state index contributed by atoms with van der Waals surface area (Å²) in [6.07, 6.45) is 4.59. The normalized spacial score (nSPS) is 34.2. The molecular formula is C18H26ClNO2. The van der Waals surface area contributed by atoms with Gasteiger partial charge in [-0.25, -0.2) is 0 Å². The zero-order chi connectivity index (χ0) is 15.9. The summed E-state index contributed by atoms with van der Waals surface area (Å²) in [6.45, 7) is 0.905. The summed E-state index contributed by atoms with van der Waals surface area (Å²) >= 11 is 6.25. The number of methoxy groups -OCH3 is 1. The first kappa shape index (κ1) is 16.1. The molecule has 0 amide bonds. The molecule has 1 aromatic rings. The van der Waals surface area contributed by atoms with Crippen molar-refractivity contribution >= 4 is 11.6 Å². The summed E-state index contributed by atoms with van der Waals surface area (Å²) in [5, 5.41) is 12.3. The summed E-state index contributed by atoms with van der Waals surface area (Å²) in [4.78, 5) is 2.19. The van der Waals surface area contributed by atoms with Crippen molar-refractivity contribution in [3.05, 3.63) is 28.8 Å². The van der Waals surface area contributed by atoms with Crippen molar-refractivity contribution in [2.75, 3.05) is 27.7 Å². The standard InChI is InChI=1S/C18H26ClNO2/c1-20(2)11-17-13-5-4-12(6-13)10-18(17,21)14-7-15(19)9-16(8-14)22-3/h7-9,12-13,17,21H,4-6,10-11H2,1-3H3/t12?,13?,17-,18-/m0/s1. The van der Waals surface area contributed by atoms with E-state index in [0.717, 1.165) is 24.3 Å². The quantitative estimate of drug-likeness (QED) is 0.920. The highest BCUT2D eigenvalue weighted by Crippen LogP contribution is 2.54. The van der Waals surface area contributed by atoms with E-state index < -0.39 is 5.60 Å². The van der Waals surface area contributed by atoms with Gasteiger partial charge in [-0.1, -0.05) is 18.0 Å². The molecule has 3 nitrogen and oxygen atoms in total. The number of aliphatic hydroxyl groups is 1. The first-order valence-electron chi connectivity index (χ1n) is 8.14. The van der Waals surface area contributed by atoms with Crippen molar-refractivity contribution in [3.63, 3.8) is 0 Å². The lowest BCUT2D eigenvalue weighted by Crippen LogP contribution is -2.47. The van der Waals surface area contributed by atoms with E-state index in [1.54, 1.807) is 13.2 Å². The van der Waals surface area contributed by atoms with Crippen LogP contribution in [-0.2, 0) is 5.60 Å². The van der Waals surface area contributed by atoms with Crippen LogP contribution >= 0.6 is 11.6 Å². The molecule has 2 fully saturated rings. The molecule has 2 aliphatic carbocycles. The van der Waals surface area contributed by atoms with Gasteiger partial charge in [-0.3, -0.25) is 0 Å². The van der Waals surface area contributed by atoms with Crippen LogP contribution in [0.1, 0.15) is 31.2 Å². The van der Waals surface area contributed by atoms with Gasteiger partial charge in [-0.2, -0.15) is 0 Å². The fourth-order valence-corrected chi connectivity index (χ4v) is 4.83. The van der Waals surface area contributed by atoms with E-state index in [-0.39, 0.29) is 5.92 Å². The third-order valence-corrected chi connectivity index (χ3v) is 5.75. The van der Waals surface area contributed by atoms with Crippen LogP contribution in [0.25, 0.3) is 0 Å². The Hall–Kier alpha value is -0.770. The Bertz CT molecular complexity index is 548. The topological polar surface area (TPSA) is 32.7 Å². The van der Waals surface area contributed by atoms with Crippen LogP contribution in [-0.4, -0.2) is 37.8 Å². The summed E-state index contributed by atoms with van der Waals surface area (Å²) in [5.74, 6) is 2.22. The maximum atomic E-state index is 11.6. The lowest BCUT2D eigenvalue weighted by molar-refractivity contribution is -0.0892. The molecule has 22 heavy (non-hydrogen) atoms. The lowest BCUT2D eigenvalue weighted by atomic mass is 9.66. The van der Waals surface area contributed by atoms with E-state index in [0.29, 0.717) is 16.9 Å². The predicted molar refractivity (Wildman–Crippen MR) is 89.4 cm³/mol. The van der Waals surface area contributed by atoms with Gasteiger partial charge in [-0.15, -0.1) is 0 Å². The SMILES string of the molecule is COc1cc(Cl)cc([C@@]2(O)CC3CCC(C3)[C@@H]2CN(C)C)c1. The largest absolute Gasteiger partial charge is 0.497 e. The number of hydrogen-bond acceptors (Lipinski definition) is 3. The van der Waals surface area contributed by atoms with Gasteiger partial charge in [0.2, 0.25) is 0 Å². The fraction of sp³-hybridized carbons (Fsp3) is 0.667. The molecule has 2 aliphatic rings. The molecule has 0 radical (unpaired) electrons. The van der Waals surface area contributed by atoms with Crippen molar-refractivity contribution < 1.29 is 9.84 Å². The van der Waals surface area contributed by atoms with Crippen LogP contribution in [0.4, 0.5) is 0 Å². The minimum Gasteiger partial charge on any atom is -0.497 e. The van der Waals surface area contributed by atoms with E-state index in [1.165, 1.54) is 19.3 Å². The maximum Gasteiger partial charge on any atom is 0.120 e. The van der Waals surface area contributed by atoms with Gasteiger partial charge in [0.05, 0.1) is 12.7 Å². The second kappa shape index (κ2) is 6.03. The highest BCUT2D eigenvalue weighted by molar-refractivity contribution is 6.30. The first-order valence-corrected chi connectivity index (χ1v) is 8.52. The molecule has 1 N–H and O–H groups in total. The highest BCUT2D eigenvalue weighted by atomic mass is 35.5. The Balaban J connectivity index is 2.02. The Morgan fingerprint density at radius 3 is 2.77 bits per heavy atom. The molecule has 4 atom stereocenters. The van der Waals surface area contributed by atoms with E-state index in [2.05, 4.69) is 19.0 Å². The number of benzene rings is 1. The number of ether oxygens (including phenoxy) is 1. The minimum atomic E-state index is -0.799. The van der Waals surface area contributed by atoms with E-state index in [1.807, 2.05) is 12.1 Å². The van der Waals surface area contributed by atoms with Crippen LogP contribution < -0.4 is 4.74 Å². The average molecular weight is 324 g/mol. The third-order valence-electron chi connectivity index (χ3n) is 5.53. The van der Waals surface area contributed by atoms with Crippen LogP contribution in [0.5, 0.6) is 5.75 Å².